The van der Waals surface area contributed by atoms with E-state index >= 15 is 0 Å². The van der Waals surface area contributed by atoms with Gasteiger partial charge in [-0.1, -0.05) is 36.4 Å². The van der Waals surface area contributed by atoms with E-state index in [1.54, 1.807) is 37.4 Å². The molecular weight excluding hydrogens is 294 g/mol. The molecule has 2 rings (SSSR count). The summed E-state index contributed by atoms with van der Waals surface area (Å²) in [4.78, 5) is 23.9. The summed E-state index contributed by atoms with van der Waals surface area (Å²) in [6, 6.07) is 16.1. The molecule has 2 aromatic rings. The molecule has 0 saturated carbocycles. The third-order valence-corrected chi connectivity index (χ3v) is 3.16. The number of para-hydroxylation sites is 1. The van der Waals surface area contributed by atoms with Crippen molar-refractivity contribution in [1.29, 1.82) is 0 Å². The van der Waals surface area contributed by atoms with Crippen molar-refractivity contribution in [3.05, 3.63) is 72.3 Å². The van der Waals surface area contributed by atoms with Crippen molar-refractivity contribution in [3.8, 4) is 5.75 Å². The number of hydrogen-bond acceptors (Lipinski definition) is 3. The Labute approximate surface area is 134 Å². The van der Waals surface area contributed by atoms with E-state index in [1.165, 1.54) is 4.90 Å². The summed E-state index contributed by atoms with van der Waals surface area (Å²) in [5.41, 5.74) is 1.67. The van der Waals surface area contributed by atoms with Gasteiger partial charge in [-0.2, -0.15) is 0 Å². The number of carbonyl (C=O) groups is 2. The summed E-state index contributed by atoms with van der Waals surface area (Å²) in [6.45, 7) is 0. The number of anilines is 1. The third-order valence-electron chi connectivity index (χ3n) is 3.16. The average Bonchev–Trinajstić information content (AvgIpc) is 2.56. The summed E-state index contributed by atoms with van der Waals surface area (Å²) in [7, 11) is 1.64. The van der Waals surface area contributed by atoms with Gasteiger partial charge in [-0.05, 0) is 36.2 Å². The molecule has 0 bridgehead atoms. The molecule has 0 fully saturated rings. The lowest BCUT2D eigenvalue weighted by atomic mass is 10.1. The maximum absolute atomic E-state index is 12.1. The third kappa shape index (κ3) is 5.00. The van der Waals surface area contributed by atoms with Gasteiger partial charge in [-0.25, -0.2) is 9.59 Å². The minimum Gasteiger partial charge on any atom is -0.478 e. The second kappa shape index (κ2) is 7.79. The lowest BCUT2D eigenvalue weighted by Crippen LogP contribution is -2.29. The maximum Gasteiger partial charge on any atom is 0.419 e. The van der Waals surface area contributed by atoms with E-state index in [0.717, 1.165) is 17.3 Å². The van der Waals surface area contributed by atoms with Gasteiger partial charge in [0.25, 0.3) is 0 Å². The van der Waals surface area contributed by atoms with Crippen LogP contribution >= 0.6 is 0 Å². The Morgan fingerprint density at radius 1 is 1.09 bits per heavy atom. The Balaban J connectivity index is 1.95. The highest BCUT2D eigenvalue weighted by Crippen LogP contribution is 2.17. The summed E-state index contributed by atoms with van der Waals surface area (Å²) in [5.74, 6) is -0.539. The van der Waals surface area contributed by atoms with Gasteiger partial charge < -0.3 is 9.84 Å². The van der Waals surface area contributed by atoms with Gasteiger partial charge in [0.1, 0.15) is 5.75 Å². The maximum atomic E-state index is 12.1. The molecule has 0 aliphatic carbocycles. The zero-order chi connectivity index (χ0) is 16.7. The number of allylic oxidation sites excluding steroid dienone is 1. The molecule has 0 aliphatic heterocycles. The van der Waals surface area contributed by atoms with Crippen molar-refractivity contribution in [2.75, 3.05) is 11.9 Å². The molecule has 118 valence electrons. The number of amides is 1. The molecule has 1 amide bonds. The highest BCUT2D eigenvalue weighted by atomic mass is 16.6. The van der Waals surface area contributed by atoms with Crippen LogP contribution in [-0.2, 0) is 11.2 Å². The van der Waals surface area contributed by atoms with Crippen molar-refractivity contribution in [1.82, 2.24) is 0 Å². The molecule has 0 heterocycles. The predicted molar refractivity (Wildman–Crippen MR) is 87.8 cm³/mol. The number of nitrogens with zero attached hydrogens (tertiary/aromatic N) is 1. The van der Waals surface area contributed by atoms with Crippen LogP contribution in [0.2, 0.25) is 0 Å². The minimum absolute atomic E-state index is 0.434. The van der Waals surface area contributed by atoms with Crippen LogP contribution in [0.1, 0.15) is 5.56 Å². The normalized spacial score (nSPS) is 10.5. The van der Waals surface area contributed by atoms with E-state index in [9.17, 15) is 9.59 Å². The number of ether oxygens (including phenoxy) is 1. The number of carboxylic acid groups (broad SMARTS) is 1. The van der Waals surface area contributed by atoms with Gasteiger partial charge in [0.2, 0.25) is 0 Å². The minimum atomic E-state index is -0.973. The molecule has 23 heavy (non-hydrogen) atoms. The number of carboxylic acids is 1. The van der Waals surface area contributed by atoms with Crippen molar-refractivity contribution < 1.29 is 19.4 Å². The van der Waals surface area contributed by atoms with E-state index in [-0.39, 0.29) is 0 Å². The lowest BCUT2D eigenvalue weighted by Gasteiger charge is -2.16. The van der Waals surface area contributed by atoms with Crippen LogP contribution in [0.5, 0.6) is 5.75 Å². The molecule has 5 nitrogen and oxygen atoms in total. The molecular formula is C18H17NO4. The monoisotopic (exact) mass is 311 g/mol. The SMILES string of the molecule is CN(C(=O)Oc1ccc(CC=CC(=O)O)cc1)c1ccccc1. The molecule has 2 aromatic carbocycles. The number of benzene rings is 2. The van der Waals surface area contributed by atoms with E-state index in [4.69, 9.17) is 9.84 Å². The fourth-order valence-electron chi connectivity index (χ4n) is 1.92. The molecule has 0 saturated heterocycles. The summed E-state index contributed by atoms with van der Waals surface area (Å²) in [6.07, 6.45) is 2.69. The fourth-order valence-corrected chi connectivity index (χ4v) is 1.92. The van der Waals surface area contributed by atoms with Gasteiger partial charge in [0, 0.05) is 18.8 Å². The summed E-state index contributed by atoms with van der Waals surface area (Å²) >= 11 is 0. The second-order valence-corrected chi connectivity index (χ2v) is 4.85. The number of carbonyl (C=O) groups excluding carboxylic acids is 1. The van der Waals surface area contributed by atoms with E-state index in [2.05, 4.69) is 0 Å². The second-order valence-electron chi connectivity index (χ2n) is 4.85. The summed E-state index contributed by atoms with van der Waals surface area (Å²) in [5, 5.41) is 8.53. The Bertz CT molecular complexity index is 693. The quantitative estimate of drug-likeness (QED) is 0.858. The van der Waals surface area contributed by atoms with Crippen LogP contribution in [0, 0.1) is 0 Å². The smallest absolute Gasteiger partial charge is 0.419 e. The highest BCUT2D eigenvalue weighted by molar-refractivity contribution is 5.88. The molecule has 0 aromatic heterocycles. The number of rotatable bonds is 5. The van der Waals surface area contributed by atoms with Crippen molar-refractivity contribution in [3.63, 3.8) is 0 Å². The van der Waals surface area contributed by atoms with Gasteiger partial charge in [-0.3, -0.25) is 4.90 Å². The van der Waals surface area contributed by atoms with E-state index < -0.39 is 12.1 Å². The average molecular weight is 311 g/mol. The Morgan fingerprint density at radius 2 is 1.74 bits per heavy atom. The van der Waals surface area contributed by atoms with Crippen LogP contribution < -0.4 is 9.64 Å². The molecule has 0 atom stereocenters. The van der Waals surface area contributed by atoms with Crippen LogP contribution in [0.3, 0.4) is 0 Å². The Hall–Kier alpha value is -3.08. The molecule has 5 heteroatoms. The Kier molecular flexibility index (Phi) is 5.52. The number of aliphatic carboxylic acids is 1. The van der Waals surface area contributed by atoms with Crippen LogP contribution in [-0.4, -0.2) is 24.2 Å². The predicted octanol–water partition coefficient (Wildman–Crippen LogP) is 3.51. The van der Waals surface area contributed by atoms with Crippen LogP contribution in [0.15, 0.2) is 66.7 Å². The van der Waals surface area contributed by atoms with Gasteiger partial charge in [-0.15, -0.1) is 0 Å². The van der Waals surface area contributed by atoms with E-state index in [1.807, 2.05) is 30.3 Å². The van der Waals surface area contributed by atoms with Crippen molar-refractivity contribution in [2.45, 2.75) is 6.42 Å². The zero-order valence-electron chi connectivity index (χ0n) is 12.7. The molecule has 0 spiro atoms. The van der Waals surface area contributed by atoms with Crippen LogP contribution in [0.25, 0.3) is 0 Å². The molecule has 0 aliphatic rings. The first-order valence-corrected chi connectivity index (χ1v) is 7.05. The molecule has 0 radical (unpaired) electrons. The molecule has 1 N–H and O–H groups in total. The zero-order valence-corrected chi connectivity index (χ0v) is 12.7. The highest BCUT2D eigenvalue weighted by Gasteiger charge is 2.12. The fraction of sp³-hybridized carbons (Fsp3) is 0.111. The van der Waals surface area contributed by atoms with Crippen molar-refractivity contribution >= 4 is 17.7 Å². The van der Waals surface area contributed by atoms with E-state index in [0.29, 0.717) is 12.2 Å². The first-order valence-electron chi connectivity index (χ1n) is 7.05. The first kappa shape index (κ1) is 16.3. The van der Waals surface area contributed by atoms with Gasteiger partial charge in [0.05, 0.1) is 0 Å². The van der Waals surface area contributed by atoms with Gasteiger partial charge in [0.15, 0.2) is 0 Å². The largest absolute Gasteiger partial charge is 0.478 e. The Morgan fingerprint density at radius 3 is 2.35 bits per heavy atom. The standard InChI is InChI=1S/C18H17NO4/c1-19(15-7-3-2-4-8-15)18(22)23-16-12-10-14(11-13-16)6-5-9-17(20)21/h2-5,7-13H,6H2,1H3,(H,20,21). The summed E-state index contributed by atoms with van der Waals surface area (Å²) < 4.78 is 5.30. The van der Waals surface area contributed by atoms with Crippen LogP contribution in [0.4, 0.5) is 10.5 Å². The molecule has 0 unspecified atom stereocenters. The van der Waals surface area contributed by atoms with Gasteiger partial charge >= 0.3 is 12.1 Å². The van der Waals surface area contributed by atoms with Crippen molar-refractivity contribution in [2.24, 2.45) is 0 Å². The number of hydrogen-bond donors (Lipinski definition) is 1. The first-order chi connectivity index (χ1) is 11.1. The topological polar surface area (TPSA) is 66.8 Å². The lowest BCUT2D eigenvalue weighted by molar-refractivity contribution is -0.131.